The van der Waals surface area contributed by atoms with E-state index in [9.17, 15) is 0 Å². The van der Waals surface area contributed by atoms with Gasteiger partial charge in [0.1, 0.15) is 5.75 Å². The molecule has 2 nitrogen and oxygen atoms in total. The summed E-state index contributed by atoms with van der Waals surface area (Å²) >= 11 is 3.58. The zero-order valence-electron chi connectivity index (χ0n) is 13.0. The maximum Gasteiger partial charge on any atom is 0.123 e. The molecule has 1 fully saturated rings. The maximum atomic E-state index is 5.54. The average Bonchev–Trinajstić information content (AvgIpc) is 2.56. The third kappa shape index (κ3) is 3.53. The summed E-state index contributed by atoms with van der Waals surface area (Å²) in [5.41, 5.74) is 2.68. The molecule has 0 bridgehead atoms. The van der Waals surface area contributed by atoms with Crippen LogP contribution in [-0.4, -0.2) is 18.6 Å². The Balaban J connectivity index is 1.84. The number of benzene rings is 2. The quantitative estimate of drug-likeness (QED) is 0.745. The molecule has 1 aliphatic heterocycles. The Morgan fingerprint density at radius 3 is 2.73 bits per heavy atom. The summed E-state index contributed by atoms with van der Waals surface area (Å²) < 4.78 is 6.64. The van der Waals surface area contributed by atoms with Crippen molar-refractivity contribution >= 4 is 15.9 Å². The van der Waals surface area contributed by atoms with E-state index in [0.717, 1.165) is 23.3 Å². The number of piperidine rings is 1. The number of rotatable bonds is 4. The minimum atomic E-state index is 0.513. The SMILES string of the molecule is COc1ccc(Br)cc1CN1CCCCC1c1ccccc1. The molecular weight excluding hydrogens is 338 g/mol. The van der Waals surface area contributed by atoms with Gasteiger partial charge in [-0.2, -0.15) is 0 Å². The number of halogens is 1. The molecule has 3 heteroatoms. The first-order valence-electron chi connectivity index (χ1n) is 7.89. The summed E-state index contributed by atoms with van der Waals surface area (Å²) in [6.07, 6.45) is 3.83. The van der Waals surface area contributed by atoms with Crippen molar-refractivity contribution in [3.05, 3.63) is 64.1 Å². The highest BCUT2D eigenvalue weighted by atomic mass is 79.9. The number of likely N-dealkylation sites (tertiary alicyclic amines) is 1. The van der Waals surface area contributed by atoms with Crippen LogP contribution in [-0.2, 0) is 6.54 Å². The highest BCUT2D eigenvalue weighted by Gasteiger charge is 2.24. The lowest BCUT2D eigenvalue weighted by molar-refractivity contribution is 0.139. The molecule has 0 saturated carbocycles. The second-order valence-corrected chi connectivity index (χ2v) is 6.76. The van der Waals surface area contributed by atoms with Crippen LogP contribution in [0.5, 0.6) is 5.75 Å². The van der Waals surface area contributed by atoms with E-state index < -0.39 is 0 Å². The number of ether oxygens (including phenoxy) is 1. The largest absolute Gasteiger partial charge is 0.496 e. The Morgan fingerprint density at radius 2 is 1.95 bits per heavy atom. The van der Waals surface area contributed by atoms with E-state index in [1.807, 2.05) is 12.1 Å². The topological polar surface area (TPSA) is 12.5 Å². The zero-order chi connectivity index (χ0) is 15.4. The minimum Gasteiger partial charge on any atom is -0.496 e. The monoisotopic (exact) mass is 359 g/mol. The lowest BCUT2D eigenvalue weighted by atomic mass is 9.94. The van der Waals surface area contributed by atoms with Crippen LogP contribution in [0.4, 0.5) is 0 Å². The van der Waals surface area contributed by atoms with E-state index in [0.29, 0.717) is 6.04 Å². The van der Waals surface area contributed by atoms with Gasteiger partial charge >= 0.3 is 0 Å². The number of nitrogens with zero attached hydrogens (tertiary/aromatic N) is 1. The van der Waals surface area contributed by atoms with Gasteiger partial charge in [0.2, 0.25) is 0 Å². The molecule has 1 unspecified atom stereocenters. The third-order valence-electron chi connectivity index (χ3n) is 4.41. The molecule has 2 aromatic carbocycles. The normalized spacial score (nSPS) is 19.1. The molecule has 1 aliphatic rings. The molecule has 116 valence electrons. The van der Waals surface area contributed by atoms with E-state index in [2.05, 4.69) is 57.2 Å². The summed E-state index contributed by atoms with van der Waals surface area (Å²) in [5, 5.41) is 0. The Labute approximate surface area is 141 Å². The van der Waals surface area contributed by atoms with Gasteiger partial charge in [0, 0.05) is 22.6 Å². The van der Waals surface area contributed by atoms with Crippen molar-refractivity contribution in [2.45, 2.75) is 31.8 Å². The summed E-state index contributed by atoms with van der Waals surface area (Å²) in [4.78, 5) is 2.59. The molecule has 1 heterocycles. The van der Waals surface area contributed by atoms with E-state index >= 15 is 0 Å². The molecule has 2 aromatic rings. The molecule has 0 spiro atoms. The van der Waals surface area contributed by atoms with Gasteiger partial charge in [-0.25, -0.2) is 0 Å². The molecule has 22 heavy (non-hydrogen) atoms. The fourth-order valence-electron chi connectivity index (χ4n) is 3.32. The van der Waals surface area contributed by atoms with Gasteiger partial charge < -0.3 is 4.74 Å². The smallest absolute Gasteiger partial charge is 0.123 e. The van der Waals surface area contributed by atoms with E-state index in [-0.39, 0.29) is 0 Å². The Hall–Kier alpha value is -1.32. The average molecular weight is 360 g/mol. The molecule has 1 atom stereocenters. The predicted molar refractivity (Wildman–Crippen MR) is 94.1 cm³/mol. The van der Waals surface area contributed by atoms with Crippen LogP contribution in [0.25, 0.3) is 0 Å². The first-order valence-corrected chi connectivity index (χ1v) is 8.68. The van der Waals surface area contributed by atoms with Crippen molar-refractivity contribution in [1.29, 1.82) is 0 Å². The maximum absolute atomic E-state index is 5.54. The van der Waals surface area contributed by atoms with E-state index in [1.54, 1.807) is 7.11 Å². The molecule has 0 radical (unpaired) electrons. The third-order valence-corrected chi connectivity index (χ3v) is 4.91. The first kappa shape index (κ1) is 15.6. The van der Waals surface area contributed by atoms with Crippen molar-refractivity contribution in [2.24, 2.45) is 0 Å². The lowest BCUT2D eigenvalue weighted by Crippen LogP contribution is -2.33. The lowest BCUT2D eigenvalue weighted by Gasteiger charge is -2.36. The number of hydrogen-bond donors (Lipinski definition) is 0. The van der Waals surface area contributed by atoms with Crippen LogP contribution >= 0.6 is 15.9 Å². The minimum absolute atomic E-state index is 0.513. The highest BCUT2D eigenvalue weighted by molar-refractivity contribution is 9.10. The van der Waals surface area contributed by atoms with Gasteiger partial charge in [0.15, 0.2) is 0 Å². The van der Waals surface area contributed by atoms with Crippen LogP contribution in [0.15, 0.2) is 53.0 Å². The van der Waals surface area contributed by atoms with E-state index in [1.165, 1.54) is 30.4 Å². The Bertz CT molecular complexity index is 614. The molecule has 3 rings (SSSR count). The molecule has 0 aromatic heterocycles. The van der Waals surface area contributed by atoms with Crippen LogP contribution in [0.1, 0.15) is 36.4 Å². The van der Waals surface area contributed by atoms with Crippen LogP contribution in [0.2, 0.25) is 0 Å². The van der Waals surface area contributed by atoms with Gasteiger partial charge in [-0.1, -0.05) is 52.7 Å². The van der Waals surface area contributed by atoms with Crippen molar-refractivity contribution < 1.29 is 4.74 Å². The molecule has 1 saturated heterocycles. The van der Waals surface area contributed by atoms with Crippen molar-refractivity contribution in [1.82, 2.24) is 4.90 Å². The highest BCUT2D eigenvalue weighted by Crippen LogP contribution is 2.34. The van der Waals surface area contributed by atoms with Gasteiger partial charge in [-0.15, -0.1) is 0 Å². The standard InChI is InChI=1S/C19H22BrNO/c1-22-19-11-10-17(20)13-16(19)14-21-12-6-5-9-18(21)15-7-3-2-4-8-15/h2-4,7-8,10-11,13,18H,5-6,9,12,14H2,1H3. The van der Waals surface area contributed by atoms with Crippen molar-refractivity contribution in [2.75, 3.05) is 13.7 Å². The van der Waals surface area contributed by atoms with Gasteiger partial charge in [-0.05, 0) is 43.1 Å². The van der Waals surface area contributed by atoms with Gasteiger partial charge in [0.25, 0.3) is 0 Å². The second kappa shape index (κ2) is 7.30. The van der Waals surface area contributed by atoms with Crippen LogP contribution in [0, 0.1) is 0 Å². The molecule has 0 amide bonds. The molecule has 0 aliphatic carbocycles. The Kier molecular flexibility index (Phi) is 5.16. The summed E-state index contributed by atoms with van der Waals surface area (Å²) in [6.45, 7) is 2.08. The summed E-state index contributed by atoms with van der Waals surface area (Å²) in [7, 11) is 1.75. The first-order chi connectivity index (χ1) is 10.8. The number of hydrogen-bond acceptors (Lipinski definition) is 2. The summed E-state index contributed by atoms with van der Waals surface area (Å²) in [5.74, 6) is 0.973. The predicted octanol–water partition coefficient (Wildman–Crippen LogP) is 5.18. The fraction of sp³-hybridized carbons (Fsp3) is 0.368. The molecule has 0 N–H and O–H groups in total. The Morgan fingerprint density at radius 1 is 1.14 bits per heavy atom. The summed E-state index contributed by atoms with van der Waals surface area (Å²) in [6, 6.07) is 17.6. The van der Waals surface area contributed by atoms with E-state index in [4.69, 9.17) is 4.74 Å². The second-order valence-electron chi connectivity index (χ2n) is 5.85. The van der Waals surface area contributed by atoms with Gasteiger partial charge in [-0.3, -0.25) is 4.90 Å². The molecular formula is C19H22BrNO. The number of methoxy groups -OCH3 is 1. The fourth-order valence-corrected chi connectivity index (χ4v) is 3.73. The van der Waals surface area contributed by atoms with Crippen molar-refractivity contribution in [3.8, 4) is 5.75 Å². The van der Waals surface area contributed by atoms with Crippen LogP contribution < -0.4 is 4.74 Å². The van der Waals surface area contributed by atoms with Gasteiger partial charge in [0.05, 0.1) is 7.11 Å². The van der Waals surface area contributed by atoms with Crippen LogP contribution in [0.3, 0.4) is 0 Å². The van der Waals surface area contributed by atoms with Crippen molar-refractivity contribution in [3.63, 3.8) is 0 Å². The zero-order valence-corrected chi connectivity index (χ0v) is 14.6.